The fourth-order valence-corrected chi connectivity index (χ4v) is 3.16. The molecule has 6 nitrogen and oxygen atoms in total. The molecule has 1 unspecified atom stereocenters. The molecule has 7 heteroatoms. The number of carbonyl (C=O) groups is 2. The molecule has 0 radical (unpaired) electrons. The van der Waals surface area contributed by atoms with E-state index in [9.17, 15) is 9.59 Å². The third-order valence-electron chi connectivity index (χ3n) is 4.66. The van der Waals surface area contributed by atoms with Crippen LogP contribution in [0.2, 0.25) is 0 Å². The van der Waals surface area contributed by atoms with Gasteiger partial charge in [0.25, 0.3) is 5.91 Å². The topological polar surface area (TPSA) is 73.5 Å². The molecule has 1 atom stereocenters. The van der Waals surface area contributed by atoms with Gasteiger partial charge in [-0.05, 0) is 30.9 Å². The predicted molar refractivity (Wildman–Crippen MR) is 111 cm³/mol. The van der Waals surface area contributed by atoms with E-state index in [-0.39, 0.29) is 24.2 Å². The summed E-state index contributed by atoms with van der Waals surface area (Å²) in [5.41, 5.74) is 1.53. The Hall–Kier alpha value is -1.63. The molecule has 1 aromatic carbocycles. The minimum absolute atomic E-state index is 0. The van der Waals surface area contributed by atoms with Crippen LogP contribution >= 0.6 is 12.4 Å². The van der Waals surface area contributed by atoms with Crippen LogP contribution in [-0.2, 0) is 4.79 Å². The molecule has 1 aliphatic heterocycles. The first-order valence-electron chi connectivity index (χ1n) is 9.54. The molecule has 2 rings (SSSR count). The number of nitrogens with zero attached hydrogens (tertiary/aromatic N) is 1. The number of hydrogen-bond donors (Lipinski definition) is 3. The van der Waals surface area contributed by atoms with Gasteiger partial charge in [-0.25, -0.2) is 0 Å². The number of nitrogens with one attached hydrogen (secondary N) is 3. The number of hydrogen-bond acceptors (Lipinski definition) is 4. The molecule has 0 saturated carbocycles. The highest BCUT2D eigenvalue weighted by atomic mass is 35.5. The van der Waals surface area contributed by atoms with Crippen molar-refractivity contribution in [2.75, 3.05) is 39.3 Å². The molecular formula is C20H33ClN4O2. The smallest absolute Gasteiger partial charge is 0.252 e. The van der Waals surface area contributed by atoms with Crippen LogP contribution in [-0.4, -0.2) is 62.0 Å². The highest BCUT2D eigenvalue weighted by molar-refractivity contribution is 5.98. The van der Waals surface area contributed by atoms with Crippen molar-refractivity contribution in [3.8, 4) is 0 Å². The summed E-state index contributed by atoms with van der Waals surface area (Å²) in [7, 11) is 0. The molecular weight excluding hydrogens is 364 g/mol. The van der Waals surface area contributed by atoms with Gasteiger partial charge in [-0.3, -0.25) is 14.5 Å². The number of amides is 2. The molecule has 1 fully saturated rings. The zero-order valence-corrected chi connectivity index (χ0v) is 17.4. The fourth-order valence-electron chi connectivity index (χ4n) is 3.16. The van der Waals surface area contributed by atoms with E-state index in [2.05, 4.69) is 34.7 Å². The van der Waals surface area contributed by atoms with Crippen molar-refractivity contribution in [3.63, 3.8) is 0 Å². The number of carbonyl (C=O) groups excluding carboxylic acids is 2. The van der Waals surface area contributed by atoms with E-state index < -0.39 is 6.04 Å². The summed E-state index contributed by atoms with van der Waals surface area (Å²) in [5, 5.41) is 9.23. The van der Waals surface area contributed by atoms with Gasteiger partial charge in [0.05, 0.1) is 0 Å². The van der Waals surface area contributed by atoms with E-state index in [0.29, 0.717) is 24.4 Å². The van der Waals surface area contributed by atoms with Gasteiger partial charge in [-0.1, -0.05) is 32.0 Å². The fraction of sp³-hybridized carbons (Fsp3) is 0.600. The van der Waals surface area contributed by atoms with E-state index in [1.165, 1.54) is 0 Å². The molecule has 0 aromatic heterocycles. The summed E-state index contributed by atoms with van der Waals surface area (Å²) < 4.78 is 0. The highest BCUT2D eigenvalue weighted by Crippen LogP contribution is 2.10. The standard InChI is InChI=1S/C20H32N4O2.ClH/c1-15(2)14-18(23-19(25)17-7-5-4-6-16(17)3)20(26)22-10-13-24-11-8-21-9-12-24;/h4-7,15,18,21H,8-14H2,1-3H3,(H,22,26)(H,23,25);1H. The number of halogens is 1. The molecule has 1 heterocycles. The second-order valence-electron chi connectivity index (χ2n) is 7.35. The average molecular weight is 397 g/mol. The molecule has 0 spiro atoms. The minimum Gasteiger partial charge on any atom is -0.353 e. The number of piperazine rings is 1. The Kier molecular flexibility index (Phi) is 10.4. The minimum atomic E-state index is -0.509. The van der Waals surface area contributed by atoms with E-state index in [4.69, 9.17) is 0 Å². The second-order valence-corrected chi connectivity index (χ2v) is 7.35. The van der Waals surface area contributed by atoms with Crippen molar-refractivity contribution in [1.29, 1.82) is 0 Å². The SMILES string of the molecule is Cc1ccccc1C(=O)NC(CC(C)C)C(=O)NCCN1CCNCC1.Cl. The lowest BCUT2D eigenvalue weighted by Gasteiger charge is -2.27. The summed E-state index contributed by atoms with van der Waals surface area (Å²) in [6.07, 6.45) is 0.622. The largest absolute Gasteiger partial charge is 0.353 e. The molecule has 2 amide bonds. The lowest BCUT2D eigenvalue weighted by molar-refractivity contribution is -0.123. The van der Waals surface area contributed by atoms with Crippen LogP contribution in [0.15, 0.2) is 24.3 Å². The maximum Gasteiger partial charge on any atom is 0.252 e. The summed E-state index contributed by atoms with van der Waals surface area (Å²) in [6.45, 7) is 11.5. The Balaban J connectivity index is 0.00000364. The van der Waals surface area contributed by atoms with Crippen molar-refractivity contribution >= 4 is 24.2 Å². The third-order valence-corrected chi connectivity index (χ3v) is 4.66. The Bertz CT molecular complexity index is 603. The molecule has 0 aliphatic carbocycles. The Morgan fingerprint density at radius 1 is 1.19 bits per heavy atom. The lowest BCUT2D eigenvalue weighted by Crippen LogP contribution is -2.50. The van der Waals surface area contributed by atoms with Gasteiger partial charge in [0, 0.05) is 44.8 Å². The highest BCUT2D eigenvalue weighted by Gasteiger charge is 2.23. The number of benzene rings is 1. The van der Waals surface area contributed by atoms with Crippen LogP contribution in [0.1, 0.15) is 36.2 Å². The van der Waals surface area contributed by atoms with Crippen molar-refractivity contribution < 1.29 is 9.59 Å². The Morgan fingerprint density at radius 2 is 1.85 bits per heavy atom. The van der Waals surface area contributed by atoms with E-state index in [0.717, 1.165) is 38.3 Å². The van der Waals surface area contributed by atoms with E-state index in [1.807, 2.05) is 25.1 Å². The van der Waals surface area contributed by atoms with Gasteiger partial charge in [0.15, 0.2) is 0 Å². The first-order chi connectivity index (χ1) is 12.5. The summed E-state index contributed by atoms with van der Waals surface area (Å²) in [6, 6.07) is 6.93. The van der Waals surface area contributed by atoms with Crippen molar-refractivity contribution in [2.24, 2.45) is 5.92 Å². The summed E-state index contributed by atoms with van der Waals surface area (Å²) >= 11 is 0. The van der Waals surface area contributed by atoms with Crippen LogP contribution in [0.4, 0.5) is 0 Å². The monoisotopic (exact) mass is 396 g/mol. The number of aryl methyl sites for hydroxylation is 1. The maximum absolute atomic E-state index is 12.6. The van der Waals surface area contributed by atoms with Crippen LogP contribution in [0.25, 0.3) is 0 Å². The first kappa shape index (κ1) is 23.4. The molecule has 152 valence electrons. The molecule has 27 heavy (non-hydrogen) atoms. The average Bonchev–Trinajstić information content (AvgIpc) is 2.62. The van der Waals surface area contributed by atoms with Gasteiger partial charge in [0.1, 0.15) is 6.04 Å². The van der Waals surface area contributed by atoms with Crippen LogP contribution in [0, 0.1) is 12.8 Å². The van der Waals surface area contributed by atoms with Gasteiger partial charge >= 0.3 is 0 Å². The lowest BCUT2D eigenvalue weighted by atomic mass is 10.0. The van der Waals surface area contributed by atoms with E-state index in [1.54, 1.807) is 6.07 Å². The summed E-state index contributed by atoms with van der Waals surface area (Å²) in [5.74, 6) is 0.0258. The zero-order valence-electron chi connectivity index (χ0n) is 16.6. The second kappa shape index (κ2) is 12.0. The van der Waals surface area contributed by atoms with Crippen LogP contribution < -0.4 is 16.0 Å². The van der Waals surface area contributed by atoms with Crippen molar-refractivity contribution in [2.45, 2.75) is 33.2 Å². The van der Waals surface area contributed by atoms with Crippen LogP contribution in [0.3, 0.4) is 0 Å². The van der Waals surface area contributed by atoms with E-state index >= 15 is 0 Å². The third kappa shape index (κ3) is 7.87. The predicted octanol–water partition coefficient (Wildman–Crippen LogP) is 1.58. The first-order valence-corrected chi connectivity index (χ1v) is 9.54. The normalized spacial score (nSPS) is 15.7. The molecule has 3 N–H and O–H groups in total. The molecule has 0 bridgehead atoms. The quantitative estimate of drug-likeness (QED) is 0.623. The van der Waals surface area contributed by atoms with Crippen LogP contribution in [0.5, 0.6) is 0 Å². The number of rotatable bonds is 8. The van der Waals surface area contributed by atoms with Gasteiger partial charge in [-0.15, -0.1) is 12.4 Å². The Morgan fingerprint density at radius 3 is 2.48 bits per heavy atom. The maximum atomic E-state index is 12.6. The molecule has 1 aromatic rings. The van der Waals surface area contributed by atoms with Gasteiger partial charge in [0.2, 0.25) is 5.91 Å². The van der Waals surface area contributed by atoms with Gasteiger partial charge in [-0.2, -0.15) is 0 Å². The molecule has 1 aliphatic rings. The molecule has 1 saturated heterocycles. The van der Waals surface area contributed by atoms with Crippen molar-refractivity contribution in [1.82, 2.24) is 20.9 Å². The zero-order chi connectivity index (χ0) is 18.9. The van der Waals surface area contributed by atoms with Gasteiger partial charge < -0.3 is 16.0 Å². The Labute approximate surface area is 168 Å². The van der Waals surface area contributed by atoms with Crippen molar-refractivity contribution in [3.05, 3.63) is 35.4 Å². The summed E-state index contributed by atoms with van der Waals surface area (Å²) in [4.78, 5) is 27.5.